The lowest BCUT2D eigenvalue weighted by Gasteiger charge is -2.31. The lowest BCUT2D eigenvalue weighted by Crippen LogP contribution is -2.39. The molecule has 23 heavy (non-hydrogen) atoms. The van der Waals surface area contributed by atoms with Gasteiger partial charge in [0.15, 0.2) is 0 Å². The van der Waals surface area contributed by atoms with Crippen LogP contribution in [0.3, 0.4) is 0 Å². The zero-order valence-electron chi connectivity index (χ0n) is 13.0. The minimum atomic E-state index is -0.251. The van der Waals surface area contributed by atoms with Gasteiger partial charge in [-0.05, 0) is 42.8 Å². The van der Waals surface area contributed by atoms with E-state index < -0.39 is 0 Å². The minimum Gasteiger partial charge on any atom is -0.465 e. The highest BCUT2D eigenvalue weighted by molar-refractivity contribution is 9.10. The summed E-state index contributed by atoms with van der Waals surface area (Å²) in [6.07, 6.45) is 5.75. The Bertz CT molecular complexity index is 695. The molecular weight excluding hydrogens is 352 g/mol. The predicted octanol–water partition coefficient (Wildman–Crippen LogP) is 5.39. The van der Waals surface area contributed by atoms with Crippen molar-refractivity contribution < 1.29 is 4.74 Å². The zero-order chi connectivity index (χ0) is 16.1. The molecule has 0 radical (unpaired) electrons. The van der Waals surface area contributed by atoms with Gasteiger partial charge in [-0.25, -0.2) is 0 Å². The predicted molar refractivity (Wildman–Crippen MR) is 99.0 cm³/mol. The maximum atomic E-state index is 6.12. The third-order valence-electron chi connectivity index (χ3n) is 3.56. The van der Waals surface area contributed by atoms with Gasteiger partial charge in [-0.15, -0.1) is 0 Å². The maximum Gasteiger partial charge on any atom is 0.212 e. The first-order chi connectivity index (χ1) is 11.3. The molecule has 0 amide bonds. The molecule has 1 heterocycles. The first-order valence-electron chi connectivity index (χ1n) is 7.77. The van der Waals surface area contributed by atoms with Crippen molar-refractivity contribution in [2.75, 3.05) is 4.90 Å². The standard InChI is InChI=1S/C19H19BrN2O/c1-2-6-16-14-22(17-7-4-3-5-8-17)19(13-21-16)23-18-11-9-15(20)10-12-18/h3-5,7-14,19H,2,6H2,1H3. The van der Waals surface area contributed by atoms with Crippen LogP contribution >= 0.6 is 15.9 Å². The Kier molecular flexibility index (Phi) is 5.13. The van der Waals surface area contributed by atoms with Crippen molar-refractivity contribution in [1.29, 1.82) is 0 Å². The van der Waals surface area contributed by atoms with E-state index in [4.69, 9.17) is 4.74 Å². The third-order valence-corrected chi connectivity index (χ3v) is 4.09. The molecule has 4 heteroatoms. The number of halogens is 1. The number of benzene rings is 2. The van der Waals surface area contributed by atoms with Crippen LogP contribution in [0.25, 0.3) is 0 Å². The number of nitrogens with zero attached hydrogens (tertiary/aromatic N) is 2. The van der Waals surface area contributed by atoms with Crippen LogP contribution in [0.4, 0.5) is 5.69 Å². The van der Waals surface area contributed by atoms with E-state index in [-0.39, 0.29) is 6.23 Å². The second-order valence-electron chi connectivity index (χ2n) is 5.35. The lowest BCUT2D eigenvalue weighted by molar-refractivity contribution is 0.274. The van der Waals surface area contributed by atoms with E-state index in [1.807, 2.05) is 48.7 Å². The molecule has 0 saturated heterocycles. The topological polar surface area (TPSA) is 24.8 Å². The van der Waals surface area contributed by atoms with Crippen molar-refractivity contribution in [3.8, 4) is 5.75 Å². The molecule has 0 N–H and O–H groups in total. The normalized spacial score (nSPS) is 17.0. The quantitative estimate of drug-likeness (QED) is 0.704. The van der Waals surface area contributed by atoms with Gasteiger partial charge in [0, 0.05) is 16.4 Å². The molecule has 0 saturated carbocycles. The summed E-state index contributed by atoms with van der Waals surface area (Å²) in [4.78, 5) is 6.68. The SMILES string of the molecule is CCCC1=CN(c2ccccc2)C(Oc2ccc(Br)cc2)C=N1. The summed E-state index contributed by atoms with van der Waals surface area (Å²) in [6, 6.07) is 18.1. The number of rotatable bonds is 5. The Morgan fingerprint density at radius 3 is 2.52 bits per heavy atom. The van der Waals surface area contributed by atoms with E-state index in [9.17, 15) is 0 Å². The van der Waals surface area contributed by atoms with Crippen LogP contribution in [0.15, 0.2) is 76.0 Å². The smallest absolute Gasteiger partial charge is 0.212 e. The highest BCUT2D eigenvalue weighted by Gasteiger charge is 2.21. The van der Waals surface area contributed by atoms with Gasteiger partial charge in [0.1, 0.15) is 5.75 Å². The zero-order valence-corrected chi connectivity index (χ0v) is 14.6. The van der Waals surface area contributed by atoms with Crippen LogP contribution in [-0.2, 0) is 0 Å². The van der Waals surface area contributed by atoms with Crippen molar-refractivity contribution in [1.82, 2.24) is 0 Å². The fourth-order valence-electron chi connectivity index (χ4n) is 2.45. The fourth-order valence-corrected chi connectivity index (χ4v) is 2.71. The molecule has 1 aliphatic rings. The van der Waals surface area contributed by atoms with Gasteiger partial charge < -0.3 is 9.64 Å². The maximum absolute atomic E-state index is 6.12. The molecule has 3 nitrogen and oxygen atoms in total. The highest BCUT2D eigenvalue weighted by Crippen LogP contribution is 2.25. The van der Waals surface area contributed by atoms with Crippen LogP contribution < -0.4 is 9.64 Å². The number of para-hydroxylation sites is 1. The van der Waals surface area contributed by atoms with E-state index in [0.29, 0.717) is 0 Å². The van der Waals surface area contributed by atoms with Crippen LogP contribution in [0.5, 0.6) is 5.75 Å². The Morgan fingerprint density at radius 2 is 1.83 bits per heavy atom. The second-order valence-corrected chi connectivity index (χ2v) is 6.27. The van der Waals surface area contributed by atoms with E-state index in [1.165, 1.54) is 0 Å². The second kappa shape index (κ2) is 7.47. The molecule has 0 spiro atoms. The number of aliphatic imine (C=N–C) groups is 1. The summed E-state index contributed by atoms with van der Waals surface area (Å²) < 4.78 is 7.15. The molecule has 0 aromatic heterocycles. The summed E-state index contributed by atoms with van der Waals surface area (Å²) in [7, 11) is 0. The fraction of sp³-hybridized carbons (Fsp3) is 0.211. The van der Waals surface area contributed by atoms with Crippen LogP contribution in [0.1, 0.15) is 19.8 Å². The van der Waals surface area contributed by atoms with E-state index >= 15 is 0 Å². The number of anilines is 1. The molecule has 1 unspecified atom stereocenters. The molecule has 3 rings (SSSR count). The molecule has 0 fully saturated rings. The molecule has 0 bridgehead atoms. The molecular formula is C19H19BrN2O. The number of ether oxygens (including phenoxy) is 1. The molecule has 0 aliphatic carbocycles. The summed E-state index contributed by atoms with van der Waals surface area (Å²) >= 11 is 3.44. The van der Waals surface area contributed by atoms with Crippen molar-refractivity contribution in [2.24, 2.45) is 4.99 Å². The van der Waals surface area contributed by atoms with Gasteiger partial charge >= 0.3 is 0 Å². The Balaban J connectivity index is 1.85. The minimum absolute atomic E-state index is 0.251. The first-order valence-corrected chi connectivity index (χ1v) is 8.56. The molecule has 1 aliphatic heterocycles. The van der Waals surface area contributed by atoms with Gasteiger partial charge in [-0.2, -0.15) is 0 Å². The average Bonchev–Trinajstić information content (AvgIpc) is 2.59. The Hall–Kier alpha value is -2.07. The van der Waals surface area contributed by atoms with Crippen molar-refractivity contribution in [2.45, 2.75) is 26.0 Å². The summed E-state index contributed by atoms with van der Waals surface area (Å²) in [6.45, 7) is 2.16. The number of hydrogen-bond donors (Lipinski definition) is 0. The van der Waals surface area contributed by atoms with Crippen LogP contribution in [0, 0.1) is 0 Å². The highest BCUT2D eigenvalue weighted by atomic mass is 79.9. The van der Waals surface area contributed by atoms with Gasteiger partial charge in [0.2, 0.25) is 6.23 Å². The van der Waals surface area contributed by atoms with E-state index in [1.54, 1.807) is 0 Å². The van der Waals surface area contributed by atoms with E-state index in [2.05, 4.69) is 51.1 Å². The number of hydrogen-bond acceptors (Lipinski definition) is 3. The lowest BCUT2D eigenvalue weighted by atomic mass is 10.2. The van der Waals surface area contributed by atoms with Crippen LogP contribution in [0.2, 0.25) is 0 Å². The third kappa shape index (κ3) is 4.02. The van der Waals surface area contributed by atoms with Gasteiger partial charge in [-0.1, -0.05) is 47.5 Å². The molecule has 1 atom stereocenters. The van der Waals surface area contributed by atoms with Crippen molar-refractivity contribution >= 4 is 27.8 Å². The Labute approximate surface area is 145 Å². The number of allylic oxidation sites excluding steroid dienone is 1. The molecule has 2 aromatic carbocycles. The van der Waals surface area contributed by atoms with Gasteiger partial charge in [-0.3, -0.25) is 4.99 Å². The Morgan fingerprint density at radius 1 is 1.09 bits per heavy atom. The van der Waals surface area contributed by atoms with Gasteiger partial charge in [0.05, 0.1) is 11.9 Å². The summed E-state index contributed by atoms with van der Waals surface area (Å²) in [5.41, 5.74) is 2.17. The van der Waals surface area contributed by atoms with Crippen LogP contribution in [-0.4, -0.2) is 12.4 Å². The first kappa shape index (κ1) is 15.8. The summed E-state index contributed by atoms with van der Waals surface area (Å²) in [5, 5.41) is 0. The van der Waals surface area contributed by atoms with Crippen molar-refractivity contribution in [3.05, 3.63) is 71.0 Å². The van der Waals surface area contributed by atoms with Crippen molar-refractivity contribution in [3.63, 3.8) is 0 Å². The average molecular weight is 371 g/mol. The molecule has 2 aromatic rings. The summed E-state index contributed by atoms with van der Waals surface area (Å²) in [5.74, 6) is 0.818. The van der Waals surface area contributed by atoms with Gasteiger partial charge in [0.25, 0.3) is 0 Å². The molecule has 118 valence electrons. The largest absolute Gasteiger partial charge is 0.465 e. The van der Waals surface area contributed by atoms with E-state index in [0.717, 1.165) is 34.4 Å². The monoisotopic (exact) mass is 370 g/mol.